The molecule has 94 valence electrons. The van der Waals surface area contributed by atoms with Crippen molar-refractivity contribution in [1.82, 2.24) is 0 Å². The maximum atomic E-state index is 11.5. The molecule has 1 heterocycles. The van der Waals surface area contributed by atoms with E-state index in [4.69, 9.17) is 4.74 Å². The van der Waals surface area contributed by atoms with Gasteiger partial charge in [0.05, 0.1) is 16.7 Å². The average molecular weight is 319 g/mol. The lowest BCUT2D eigenvalue weighted by Gasteiger charge is -2.17. The highest BCUT2D eigenvalue weighted by Crippen LogP contribution is 2.34. The number of rotatable bonds is 3. The third kappa shape index (κ3) is 2.65. The predicted molar refractivity (Wildman–Crippen MR) is 71.6 cm³/mol. The lowest BCUT2D eigenvalue weighted by Crippen LogP contribution is -2.20. The Hall–Kier alpha value is -0.550. The van der Waals surface area contributed by atoms with Gasteiger partial charge in [-0.2, -0.15) is 0 Å². The maximum absolute atomic E-state index is 11.5. The van der Waals surface area contributed by atoms with E-state index < -0.39 is 15.1 Å². The number of ether oxygens (including phenoxy) is 1. The molecule has 0 spiro atoms. The van der Waals surface area contributed by atoms with Gasteiger partial charge in [0.1, 0.15) is 5.75 Å². The van der Waals surface area contributed by atoms with E-state index in [0.29, 0.717) is 6.61 Å². The number of halogens is 1. The van der Waals surface area contributed by atoms with Crippen LogP contribution in [-0.4, -0.2) is 26.5 Å². The van der Waals surface area contributed by atoms with Crippen molar-refractivity contribution in [3.63, 3.8) is 0 Å². The normalized spacial score (nSPS) is 18.3. The van der Waals surface area contributed by atoms with Crippen molar-refractivity contribution in [2.45, 2.75) is 23.4 Å². The molecular formula is C12H15BrO3S. The van der Waals surface area contributed by atoms with Crippen LogP contribution in [-0.2, 0) is 16.3 Å². The predicted octanol–water partition coefficient (Wildman–Crippen LogP) is 2.49. The molecule has 2 atom stereocenters. The first-order valence-corrected chi connectivity index (χ1v) is 8.35. The van der Waals surface area contributed by atoms with Crippen LogP contribution in [0.4, 0.5) is 0 Å². The van der Waals surface area contributed by atoms with E-state index in [0.717, 1.165) is 23.3 Å². The maximum Gasteiger partial charge on any atom is 0.151 e. The summed E-state index contributed by atoms with van der Waals surface area (Å²) in [6, 6.07) is 5.87. The van der Waals surface area contributed by atoms with Gasteiger partial charge in [0, 0.05) is 12.7 Å². The van der Waals surface area contributed by atoms with Crippen LogP contribution in [0, 0.1) is 0 Å². The Labute approximate surface area is 110 Å². The highest BCUT2D eigenvalue weighted by molar-refractivity contribution is 9.09. The Bertz CT molecular complexity index is 525. The second kappa shape index (κ2) is 4.61. The van der Waals surface area contributed by atoms with Crippen LogP contribution in [0.25, 0.3) is 0 Å². The second-order valence-corrected chi connectivity index (χ2v) is 7.79. The number of fused-ring (bicyclic) bond motifs is 1. The molecule has 0 N–H and O–H groups in total. The van der Waals surface area contributed by atoms with Gasteiger partial charge in [-0.1, -0.05) is 28.1 Å². The molecule has 0 bridgehead atoms. The highest BCUT2D eigenvalue weighted by Gasteiger charge is 2.26. The van der Waals surface area contributed by atoms with E-state index in [1.165, 1.54) is 6.26 Å². The van der Waals surface area contributed by atoms with Gasteiger partial charge in [-0.05, 0) is 24.1 Å². The number of alkyl halides is 1. The van der Waals surface area contributed by atoms with Crippen molar-refractivity contribution >= 4 is 25.8 Å². The number of hydrogen-bond acceptors (Lipinski definition) is 3. The second-order valence-electron chi connectivity index (χ2n) is 4.40. The van der Waals surface area contributed by atoms with Crippen molar-refractivity contribution in [3.05, 3.63) is 29.3 Å². The Morgan fingerprint density at radius 1 is 1.41 bits per heavy atom. The first kappa shape index (κ1) is 12.9. The fourth-order valence-electron chi connectivity index (χ4n) is 1.87. The van der Waals surface area contributed by atoms with Crippen LogP contribution < -0.4 is 4.74 Å². The molecule has 1 aliphatic heterocycles. The molecule has 0 saturated carbocycles. The minimum Gasteiger partial charge on any atom is -0.493 e. The van der Waals surface area contributed by atoms with Gasteiger partial charge in [-0.25, -0.2) is 8.42 Å². The van der Waals surface area contributed by atoms with Crippen LogP contribution in [0.5, 0.6) is 5.75 Å². The van der Waals surface area contributed by atoms with Gasteiger partial charge in [0.25, 0.3) is 0 Å². The monoisotopic (exact) mass is 318 g/mol. The Morgan fingerprint density at radius 2 is 2.12 bits per heavy atom. The molecule has 0 saturated heterocycles. The SMILES string of the molecule is CC(C(Br)c1ccc2c(c1)CCO2)S(C)(=O)=O. The van der Waals surface area contributed by atoms with Crippen LogP contribution >= 0.6 is 15.9 Å². The summed E-state index contributed by atoms with van der Waals surface area (Å²) >= 11 is 3.48. The minimum atomic E-state index is -3.04. The Balaban J connectivity index is 2.29. The summed E-state index contributed by atoms with van der Waals surface area (Å²) in [7, 11) is -3.04. The smallest absolute Gasteiger partial charge is 0.151 e. The summed E-state index contributed by atoms with van der Waals surface area (Å²) in [4.78, 5) is -0.177. The Kier molecular flexibility index (Phi) is 3.50. The van der Waals surface area contributed by atoms with E-state index in [2.05, 4.69) is 15.9 Å². The van der Waals surface area contributed by atoms with Gasteiger partial charge < -0.3 is 4.74 Å². The molecule has 1 aromatic rings. The first-order chi connectivity index (χ1) is 7.89. The molecular weight excluding hydrogens is 304 g/mol. The zero-order valence-corrected chi connectivity index (χ0v) is 12.2. The van der Waals surface area contributed by atoms with Crippen LogP contribution in [0.1, 0.15) is 22.9 Å². The molecule has 5 heteroatoms. The van der Waals surface area contributed by atoms with E-state index in [1.54, 1.807) is 6.92 Å². The van der Waals surface area contributed by atoms with Crippen molar-refractivity contribution < 1.29 is 13.2 Å². The summed E-state index contributed by atoms with van der Waals surface area (Å²) in [5.74, 6) is 0.917. The van der Waals surface area contributed by atoms with Crippen molar-refractivity contribution in [1.29, 1.82) is 0 Å². The summed E-state index contributed by atoms with van der Waals surface area (Å²) in [6.45, 7) is 2.44. The van der Waals surface area contributed by atoms with Gasteiger partial charge in [0.15, 0.2) is 9.84 Å². The molecule has 0 fully saturated rings. The minimum absolute atomic E-state index is 0.177. The fourth-order valence-corrected chi connectivity index (χ4v) is 3.92. The molecule has 1 aliphatic rings. The van der Waals surface area contributed by atoms with Crippen molar-refractivity contribution in [3.8, 4) is 5.75 Å². The third-order valence-electron chi connectivity index (χ3n) is 3.12. The summed E-state index contributed by atoms with van der Waals surface area (Å²) in [5, 5.41) is -0.442. The molecule has 0 radical (unpaired) electrons. The third-order valence-corrected chi connectivity index (χ3v) is 6.41. The van der Waals surface area contributed by atoms with Crippen LogP contribution in [0.3, 0.4) is 0 Å². The number of hydrogen-bond donors (Lipinski definition) is 0. The van der Waals surface area contributed by atoms with Gasteiger partial charge in [-0.3, -0.25) is 0 Å². The molecule has 0 aromatic heterocycles. The van der Waals surface area contributed by atoms with Crippen LogP contribution in [0.2, 0.25) is 0 Å². The fraction of sp³-hybridized carbons (Fsp3) is 0.500. The first-order valence-electron chi connectivity index (χ1n) is 5.48. The Morgan fingerprint density at radius 3 is 2.76 bits per heavy atom. The van der Waals surface area contributed by atoms with E-state index in [1.807, 2.05) is 18.2 Å². The zero-order chi connectivity index (χ0) is 12.6. The number of benzene rings is 1. The molecule has 3 nitrogen and oxygen atoms in total. The molecule has 0 amide bonds. The zero-order valence-electron chi connectivity index (χ0n) is 9.81. The van der Waals surface area contributed by atoms with Gasteiger partial charge in [0.2, 0.25) is 0 Å². The number of sulfone groups is 1. The van der Waals surface area contributed by atoms with Crippen molar-refractivity contribution in [2.75, 3.05) is 12.9 Å². The van der Waals surface area contributed by atoms with E-state index in [-0.39, 0.29) is 4.83 Å². The van der Waals surface area contributed by atoms with E-state index in [9.17, 15) is 8.42 Å². The van der Waals surface area contributed by atoms with Gasteiger partial charge >= 0.3 is 0 Å². The molecule has 1 aromatic carbocycles. The summed E-state index contributed by atoms with van der Waals surface area (Å²) in [6.07, 6.45) is 2.17. The lowest BCUT2D eigenvalue weighted by molar-refractivity contribution is 0.357. The van der Waals surface area contributed by atoms with E-state index >= 15 is 0 Å². The largest absolute Gasteiger partial charge is 0.493 e. The van der Waals surface area contributed by atoms with Crippen LogP contribution in [0.15, 0.2) is 18.2 Å². The topological polar surface area (TPSA) is 43.4 Å². The molecule has 2 unspecified atom stereocenters. The molecule has 17 heavy (non-hydrogen) atoms. The molecule has 0 aliphatic carbocycles. The quantitative estimate of drug-likeness (QED) is 0.804. The highest BCUT2D eigenvalue weighted by atomic mass is 79.9. The van der Waals surface area contributed by atoms with Crippen molar-refractivity contribution in [2.24, 2.45) is 0 Å². The molecule has 2 rings (SSSR count). The average Bonchev–Trinajstić information content (AvgIpc) is 2.72. The van der Waals surface area contributed by atoms with Gasteiger partial charge in [-0.15, -0.1) is 0 Å². The summed E-state index contributed by atoms with van der Waals surface area (Å²) < 4.78 is 28.5. The summed E-state index contributed by atoms with van der Waals surface area (Å²) in [5.41, 5.74) is 2.15. The lowest BCUT2D eigenvalue weighted by atomic mass is 10.1. The standard InChI is InChI=1S/C12H15BrO3S/c1-8(17(2,14)15)12(13)10-3-4-11-9(7-10)5-6-16-11/h3-4,7-8,12H,5-6H2,1-2H3.